The highest BCUT2D eigenvalue weighted by molar-refractivity contribution is 6.30. The zero-order valence-corrected chi connectivity index (χ0v) is 16.2. The molecule has 1 aliphatic rings. The molecule has 1 heterocycles. The molecule has 4 nitrogen and oxygen atoms in total. The van der Waals surface area contributed by atoms with Gasteiger partial charge in [0.25, 0.3) is 0 Å². The molecule has 0 aromatic heterocycles. The van der Waals surface area contributed by atoms with Crippen molar-refractivity contribution in [2.45, 2.75) is 13.8 Å². The molecule has 1 fully saturated rings. The largest absolute Gasteiger partial charge is 0.368 e. The van der Waals surface area contributed by atoms with Crippen LogP contribution in [0.4, 0.5) is 11.4 Å². The maximum Gasteiger partial charge on any atom is 0.250 e. The zero-order chi connectivity index (χ0) is 19.1. The number of nitrogens with zero attached hydrogens (tertiary/aromatic N) is 2. The summed E-state index contributed by atoms with van der Waals surface area (Å²) < 4.78 is 0. The molecule has 27 heavy (non-hydrogen) atoms. The van der Waals surface area contributed by atoms with Gasteiger partial charge in [0.2, 0.25) is 10.9 Å². The molecule has 4 rings (SSSR count). The SMILES string of the molecule is Cc1ccc(C)c(N2CCN(c3c(-c4ccc(Cl)cc4)c(=O)c3=O)CC2)c1. The number of halogens is 1. The van der Waals surface area contributed by atoms with E-state index in [0.29, 0.717) is 16.3 Å². The van der Waals surface area contributed by atoms with Crippen molar-refractivity contribution in [3.05, 3.63) is 79.1 Å². The highest BCUT2D eigenvalue weighted by atomic mass is 35.5. The molecule has 0 aliphatic carbocycles. The quantitative estimate of drug-likeness (QED) is 0.651. The molecule has 0 saturated carbocycles. The van der Waals surface area contributed by atoms with Gasteiger partial charge in [-0.15, -0.1) is 0 Å². The van der Waals surface area contributed by atoms with Crippen LogP contribution in [0.2, 0.25) is 5.02 Å². The zero-order valence-electron chi connectivity index (χ0n) is 15.5. The number of piperazine rings is 1. The topological polar surface area (TPSA) is 40.6 Å². The molecule has 3 aromatic rings. The Balaban J connectivity index is 1.57. The first kappa shape index (κ1) is 17.8. The number of rotatable bonds is 3. The average Bonchev–Trinajstić information content (AvgIpc) is 2.68. The second kappa shape index (κ2) is 6.86. The summed E-state index contributed by atoms with van der Waals surface area (Å²) in [6, 6.07) is 13.6. The van der Waals surface area contributed by atoms with E-state index in [1.54, 1.807) is 24.3 Å². The van der Waals surface area contributed by atoms with Crippen LogP contribution in [0, 0.1) is 13.8 Å². The van der Waals surface area contributed by atoms with Crippen molar-refractivity contribution in [2.24, 2.45) is 0 Å². The van der Waals surface area contributed by atoms with E-state index in [9.17, 15) is 9.59 Å². The second-order valence-electron chi connectivity index (χ2n) is 7.15. The summed E-state index contributed by atoms with van der Waals surface area (Å²) in [6.45, 7) is 7.31. The van der Waals surface area contributed by atoms with Gasteiger partial charge in [0.05, 0.1) is 5.56 Å². The standard InChI is InChI=1S/C22H21ClN2O2/c1-14-3-4-15(2)18(13-14)24-9-11-25(12-10-24)20-19(21(26)22(20)27)16-5-7-17(23)8-6-16/h3-8,13H,9-12H2,1-2H3. The minimum Gasteiger partial charge on any atom is -0.368 e. The van der Waals surface area contributed by atoms with Crippen molar-refractivity contribution in [1.29, 1.82) is 0 Å². The molecule has 0 atom stereocenters. The second-order valence-corrected chi connectivity index (χ2v) is 7.59. The molecular formula is C22H21ClN2O2. The van der Waals surface area contributed by atoms with Gasteiger partial charge < -0.3 is 9.80 Å². The summed E-state index contributed by atoms with van der Waals surface area (Å²) in [6.07, 6.45) is 0. The minimum atomic E-state index is -0.399. The lowest BCUT2D eigenvalue weighted by Crippen LogP contribution is -2.51. The molecule has 138 valence electrons. The molecule has 0 bridgehead atoms. The van der Waals surface area contributed by atoms with Crippen molar-refractivity contribution in [3.8, 4) is 11.1 Å². The Labute approximate surface area is 163 Å². The Kier molecular flexibility index (Phi) is 4.52. The Morgan fingerprint density at radius 2 is 1.44 bits per heavy atom. The molecule has 0 unspecified atom stereocenters. The van der Waals surface area contributed by atoms with Gasteiger partial charge in [-0.05, 0) is 48.7 Å². The predicted molar refractivity (Wildman–Crippen MR) is 112 cm³/mol. The van der Waals surface area contributed by atoms with E-state index in [1.807, 2.05) is 0 Å². The number of benzene rings is 2. The highest BCUT2D eigenvalue weighted by Crippen LogP contribution is 2.30. The van der Waals surface area contributed by atoms with Crippen molar-refractivity contribution < 1.29 is 0 Å². The highest BCUT2D eigenvalue weighted by Gasteiger charge is 2.29. The molecule has 1 saturated heterocycles. The Bertz CT molecular complexity index is 1060. The van der Waals surface area contributed by atoms with E-state index < -0.39 is 5.43 Å². The van der Waals surface area contributed by atoms with Gasteiger partial charge >= 0.3 is 0 Å². The Morgan fingerprint density at radius 3 is 2.11 bits per heavy atom. The Hall–Kier alpha value is -2.59. The molecule has 5 heteroatoms. The van der Waals surface area contributed by atoms with E-state index in [-0.39, 0.29) is 5.43 Å². The Morgan fingerprint density at radius 1 is 0.815 bits per heavy atom. The van der Waals surface area contributed by atoms with Crippen molar-refractivity contribution in [3.63, 3.8) is 0 Å². The molecule has 0 amide bonds. The normalized spacial score (nSPS) is 14.8. The molecule has 0 radical (unpaired) electrons. The molecule has 0 spiro atoms. The van der Waals surface area contributed by atoms with Crippen LogP contribution in [0.15, 0.2) is 52.1 Å². The fraction of sp³-hybridized carbons (Fsp3) is 0.273. The summed E-state index contributed by atoms with van der Waals surface area (Å²) in [7, 11) is 0. The van der Waals surface area contributed by atoms with Crippen molar-refractivity contribution >= 4 is 23.0 Å². The number of anilines is 2. The molecule has 3 aromatic carbocycles. The van der Waals surface area contributed by atoms with Crippen LogP contribution in [0.1, 0.15) is 11.1 Å². The van der Waals surface area contributed by atoms with Gasteiger partial charge in [-0.25, -0.2) is 0 Å². The first-order valence-electron chi connectivity index (χ1n) is 9.12. The summed E-state index contributed by atoms with van der Waals surface area (Å²) >= 11 is 5.94. The smallest absolute Gasteiger partial charge is 0.250 e. The number of hydrogen-bond donors (Lipinski definition) is 0. The van der Waals surface area contributed by atoms with Gasteiger partial charge in [0.1, 0.15) is 5.69 Å². The third-order valence-electron chi connectivity index (χ3n) is 5.32. The minimum absolute atomic E-state index is 0.375. The first-order valence-corrected chi connectivity index (χ1v) is 9.50. The van der Waals surface area contributed by atoms with E-state index >= 15 is 0 Å². The lowest BCUT2D eigenvalue weighted by atomic mass is 9.97. The third kappa shape index (κ3) is 3.15. The third-order valence-corrected chi connectivity index (χ3v) is 5.57. The van der Waals surface area contributed by atoms with Crippen LogP contribution in [0.5, 0.6) is 0 Å². The van der Waals surface area contributed by atoms with Crippen LogP contribution in [0.3, 0.4) is 0 Å². The van der Waals surface area contributed by atoms with Crippen molar-refractivity contribution in [2.75, 3.05) is 36.0 Å². The summed E-state index contributed by atoms with van der Waals surface area (Å²) in [4.78, 5) is 28.9. The van der Waals surface area contributed by atoms with E-state index in [1.165, 1.54) is 16.8 Å². The molecular weight excluding hydrogens is 360 g/mol. The summed E-state index contributed by atoms with van der Waals surface area (Å²) in [5.41, 5.74) is 4.81. The fourth-order valence-electron chi connectivity index (χ4n) is 3.80. The van der Waals surface area contributed by atoms with E-state index in [4.69, 9.17) is 11.6 Å². The fourth-order valence-corrected chi connectivity index (χ4v) is 3.92. The monoisotopic (exact) mass is 380 g/mol. The lowest BCUT2D eigenvalue weighted by Gasteiger charge is -2.39. The average molecular weight is 381 g/mol. The maximum atomic E-state index is 12.3. The lowest BCUT2D eigenvalue weighted by molar-refractivity contribution is 0.649. The summed E-state index contributed by atoms with van der Waals surface area (Å²) in [5, 5.41) is 0.612. The van der Waals surface area contributed by atoms with Crippen LogP contribution >= 0.6 is 11.6 Å². The summed E-state index contributed by atoms with van der Waals surface area (Å²) in [5.74, 6) is 0. The number of hydrogen-bond acceptors (Lipinski definition) is 4. The van der Waals surface area contributed by atoms with Crippen molar-refractivity contribution in [1.82, 2.24) is 0 Å². The van der Waals surface area contributed by atoms with Gasteiger partial charge in [-0.2, -0.15) is 0 Å². The van der Waals surface area contributed by atoms with Gasteiger partial charge in [-0.3, -0.25) is 9.59 Å². The van der Waals surface area contributed by atoms with Crippen LogP contribution in [-0.2, 0) is 0 Å². The molecule has 1 aliphatic heterocycles. The van der Waals surface area contributed by atoms with Crippen LogP contribution < -0.4 is 20.7 Å². The van der Waals surface area contributed by atoms with Gasteiger partial charge in [0.15, 0.2) is 0 Å². The number of aryl methyl sites for hydroxylation is 2. The van der Waals surface area contributed by atoms with Gasteiger partial charge in [-0.1, -0.05) is 35.9 Å². The maximum absolute atomic E-state index is 12.3. The van der Waals surface area contributed by atoms with Crippen LogP contribution in [0.25, 0.3) is 11.1 Å². The first-order chi connectivity index (χ1) is 13.0. The van der Waals surface area contributed by atoms with Gasteiger partial charge in [0, 0.05) is 36.9 Å². The van der Waals surface area contributed by atoms with E-state index in [2.05, 4.69) is 41.8 Å². The van der Waals surface area contributed by atoms with E-state index in [0.717, 1.165) is 31.7 Å². The predicted octanol–water partition coefficient (Wildman–Crippen LogP) is 3.55. The molecule has 0 N–H and O–H groups in total. The van der Waals surface area contributed by atoms with Crippen LogP contribution in [-0.4, -0.2) is 26.2 Å².